The first kappa shape index (κ1) is 13.1. The normalized spacial score (nSPS) is 22.3. The molecular weight excluding hydrogens is 250 g/mol. The molecule has 5 heteroatoms. The third kappa shape index (κ3) is 2.40. The van der Waals surface area contributed by atoms with Crippen molar-refractivity contribution in [3.05, 3.63) is 23.8 Å². The molecule has 2 unspecified atom stereocenters. The maximum atomic E-state index is 5.98. The van der Waals surface area contributed by atoms with Gasteiger partial charge in [0.2, 0.25) is 0 Å². The van der Waals surface area contributed by atoms with E-state index in [0.717, 1.165) is 35.1 Å². The molecule has 1 fully saturated rings. The van der Waals surface area contributed by atoms with Crippen LogP contribution in [0.1, 0.15) is 31.7 Å². The van der Waals surface area contributed by atoms with Gasteiger partial charge in [0.25, 0.3) is 0 Å². The fourth-order valence-electron chi connectivity index (χ4n) is 3.15. The number of hydrogen-bond donors (Lipinski definition) is 1. The van der Waals surface area contributed by atoms with Crippen LogP contribution in [0.4, 0.5) is 5.69 Å². The second-order valence-electron chi connectivity index (χ2n) is 5.99. The molecular formula is C15H21N5. The van der Waals surface area contributed by atoms with Crippen LogP contribution in [0.15, 0.2) is 18.2 Å². The highest BCUT2D eigenvalue weighted by Gasteiger charge is 2.23. The Balaban J connectivity index is 1.88. The second-order valence-corrected chi connectivity index (χ2v) is 5.99. The van der Waals surface area contributed by atoms with Gasteiger partial charge in [0.05, 0.1) is 0 Å². The summed E-state index contributed by atoms with van der Waals surface area (Å²) in [5.74, 6) is 2.34. The third-order valence-electron chi connectivity index (χ3n) is 4.38. The summed E-state index contributed by atoms with van der Waals surface area (Å²) >= 11 is 0. The smallest absolute Gasteiger partial charge is 0.182 e. The average Bonchev–Trinajstić information content (AvgIpc) is 3.03. The third-order valence-corrected chi connectivity index (χ3v) is 4.38. The van der Waals surface area contributed by atoms with Crippen LogP contribution in [0, 0.1) is 18.8 Å². The van der Waals surface area contributed by atoms with Gasteiger partial charge in [-0.3, -0.25) is 0 Å². The lowest BCUT2D eigenvalue weighted by Crippen LogP contribution is -2.11. The molecule has 1 aromatic heterocycles. The van der Waals surface area contributed by atoms with Crippen LogP contribution < -0.4 is 5.73 Å². The molecule has 0 aliphatic heterocycles. The lowest BCUT2D eigenvalue weighted by molar-refractivity contribution is 0.412. The van der Waals surface area contributed by atoms with Crippen LogP contribution in [0.5, 0.6) is 0 Å². The van der Waals surface area contributed by atoms with Gasteiger partial charge in [0.1, 0.15) is 0 Å². The quantitative estimate of drug-likeness (QED) is 0.871. The number of anilines is 1. The summed E-state index contributed by atoms with van der Waals surface area (Å²) in [5, 5.41) is 12.2. The number of nitrogen functional groups attached to an aromatic ring is 1. The molecule has 0 saturated heterocycles. The predicted octanol–water partition coefficient (Wildman–Crippen LogP) is 2.67. The summed E-state index contributed by atoms with van der Waals surface area (Å²) in [7, 11) is 0. The maximum absolute atomic E-state index is 5.98. The molecule has 5 nitrogen and oxygen atoms in total. The Hall–Kier alpha value is -1.91. The largest absolute Gasteiger partial charge is 0.398 e. The first-order valence-electron chi connectivity index (χ1n) is 7.26. The van der Waals surface area contributed by atoms with Gasteiger partial charge in [-0.1, -0.05) is 25.5 Å². The zero-order valence-corrected chi connectivity index (χ0v) is 12.1. The Bertz CT molecular complexity index is 604. The Kier molecular flexibility index (Phi) is 3.42. The number of nitrogens with two attached hydrogens (primary N) is 1. The Morgan fingerprint density at radius 3 is 2.95 bits per heavy atom. The van der Waals surface area contributed by atoms with E-state index in [9.17, 15) is 0 Å². The van der Waals surface area contributed by atoms with E-state index < -0.39 is 0 Å². The summed E-state index contributed by atoms with van der Waals surface area (Å²) in [6.45, 7) is 5.24. The summed E-state index contributed by atoms with van der Waals surface area (Å²) in [5.41, 5.74) is 8.84. The van der Waals surface area contributed by atoms with Gasteiger partial charge >= 0.3 is 0 Å². The van der Waals surface area contributed by atoms with E-state index in [1.54, 1.807) is 0 Å². The van der Waals surface area contributed by atoms with E-state index in [4.69, 9.17) is 5.73 Å². The van der Waals surface area contributed by atoms with Gasteiger partial charge in [-0.25, -0.2) is 4.68 Å². The molecule has 1 aromatic carbocycles. The molecule has 0 amide bonds. The predicted molar refractivity (Wildman–Crippen MR) is 78.9 cm³/mol. The summed E-state index contributed by atoms with van der Waals surface area (Å²) in [6.07, 6.45) is 3.87. The van der Waals surface area contributed by atoms with Crippen molar-refractivity contribution in [2.24, 2.45) is 11.8 Å². The molecule has 1 aliphatic rings. The van der Waals surface area contributed by atoms with Gasteiger partial charge in [0.15, 0.2) is 5.82 Å². The van der Waals surface area contributed by atoms with Crippen molar-refractivity contribution in [3.63, 3.8) is 0 Å². The molecule has 106 valence electrons. The number of benzene rings is 1. The molecule has 20 heavy (non-hydrogen) atoms. The fourth-order valence-corrected chi connectivity index (χ4v) is 3.15. The zero-order valence-electron chi connectivity index (χ0n) is 12.1. The van der Waals surface area contributed by atoms with E-state index in [-0.39, 0.29) is 0 Å². The van der Waals surface area contributed by atoms with Crippen LogP contribution in [0.25, 0.3) is 11.4 Å². The SMILES string of the molecule is Cc1c(N)cccc1-c1nnnn1CC1CCC(C)C1. The summed E-state index contributed by atoms with van der Waals surface area (Å²) < 4.78 is 1.94. The number of nitrogens with zero attached hydrogens (tertiary/aromatic N) is 4. The Labute approximate surface area is 119 Å². The van der Waals surface area contributed by atoms with Crippen molar-refractivity contribution >= 4 is 5.69 Å². The van der Waals surface area contributed by atoms with Crippen LogP contribution in [-0.2, 0) is 6.54 Å². The van der Waals surface area contributed by atoms with Crippen molar-refractivity contribution in [1.29, 1.82) is 0 Å². The maximum Gasteiger partial charge on any atom is 0.182 e. The monoisotopic (exact) mass is 271 g/mol. The number of hydrogen-bond acceptors (Lipinski definition) is 4. The van der Waals surface area contributed by atoms with Crippen LogP contribution in [0.2, 0.25) is 0 Å². The summed E-state index contributed by atoms with van der Waals surface area (Å²) in [4.78, 5) is 0. The van der Waals surface area contributed by atoms with Crippen molar-refractivity contribution in [2.45, 2.75) is 39.7 Å². The van der Waals surface area contributed by atoms with Gasteiger partial charge < -0.3 is 5.73 Å². The van der Waals surface area contributed by atoms with Crippen molar-refractivity contribution in [3.8, 4) is 11.4 Å². The highest BCUT2D eigenvalue weighted by molar-refractivity contribution is 5.67. The van der Waals surface area contributed by atoms with Crippen LogP contribution in [0.3, 0.4) is 0 Å². The number of tetrazole rings is 1. The molecule has 2 aromatic rings. The zero-order chi connectivity index (χ0) is 14.1. The molecule has 0 bridgehead atoms. The second kappa shape index (κ2) is 5.23. The topological polar surface area (TPSA) is 69.6 Å². The average molecular weight is 271 g/mol. The standard InChI is InChI=1S/C15H21N5/c1-10-6-7-12(8-10)9-20-15(17-18-19-20)13-4-3-5-14(16)11(13)2/h3-5,10,12H,6-9,16H2,1-2H3. The molecule has 2 atom stereocenters. The highest BCUT2D eigenvalue weighted by Crippen LogP contribution is 2.32. The lowest BCUT2D eigenvalue weighted by Gasteiger charge is -2.12. The summed E-state index contributed by atoms with van der Waals surface area (Å²) in [6, 6.07) is 5.89. The first-order valence-corrected chi connectivity index (χ1v) is 7.26. The van der Waals surface area contributed by atoms with Gasteiger partial charge in [0, 0.05) is 17.8 Å². The molecule has 1 aliphatic carbocycles. The fraction of sp³-hybridized carbons (Fsp3) is 0.533. The van der Waals surface area contributed by atoms with Gasteiger partial charge in [-0.2, -0.15) is 0 Å². The van der Waals surface area contributed by atoms with E-state index in [2.05, 4.69) is 22.4 Å². The molecule has 0 spiro atoms. The molecule has 3 rings (SSSR count). The van der Waals surface area contributed by atoms with Crippen molar-refractivity contribution in [2.75, 3.05) is 5.73 Å². The lowest BCUT2D eigenvalue weighted by atomic mass is 10.0. The van der Waals surface area contributed by atoms with E-state index in [1.807, 2.05) is 29.8 Å². The molecule has 0 radical (unpaired) electrons. The first-order chi connectivity index (χ1) is 9.65. The van der Waals surface area contributed by atoms with Gasteiger partial charge in [-0.15, -0.1) is 5.10 Å². The van der Waals surface area contributed by atoms with Crippen LogP contribution >= 0.6 is 0 Å². The highest BCUT2D eigenvalue weighted by atomic mass is 15.5. The number of aromatic nitrogens is 4. The minimum absolute atomic E-state index is 0.689. The number of rotatable bonds is 3. The minimum Gasteiger partial charge on any atom is -0.398 e. The molecule has 1 saturated carbocycles. The van der Waals surface area contributed by atoms with Gasteiger partial charge in [-0.05, 0) is 53.7 Å². The molecule has 1 heterocycles. The van der Waals surface area contributed by atoms with Crippen LogP contribution in [-0.4, -0.2) is 20.2 Å². The van der Waals surface area contributed by atoms with E-state index in [1.165, 1.54) is 19.3 Å². The Morgan fingerprint density at radius 1 is 1.35 bits per heavy atom. The van der Waals surface area contributed by atoms with Crippen molar-refractivity contribution in [1.82, 2.24) is 20.2 Å². The van der Waals surface area contributed by atoms with E-state index >= 15 is 0 Å². The van der Waals surface area contributed by atoms with E-state index in [0.29, 0.717) is 5.92 Å². The molecule has 2 N–H and O–H groups in total. The Morgan fingerprint density at radius 2 is 2.20 bits per heavy atom. The minimum atomic E-state index is 0.689. The van der Waals surface area contributed by atoms with Crippen molar-refractivity contribution < 1.29 is 0 Å².